The Balaban J connectivity index is 1.77. The number of nitrogens with zero attached hydrogens (tertiary/aromatic N) is 3. The van der Waals surface area contributed by atoms with Crippen molar-refractivity contribution in [2.75, 3.05) is 11.1 Å². The third kappa shape index (κ3) is 7.49. The van der Waals surface area contributed by atoms with E-state index in [1.54, 1.807) is 18.2 Å². The second-order valence-corrected chi connectivity index (χ2v) is 10.5. The number of benzene rings is 2. The molecule has 0 aliphatic carbocycles. The average molecular weight is 567 g/mol. The fraction of sp³-hybridized carbons (Fsp3) is 0.280. The number of amides is 2. The number of thioether (sulfide) groups is 1. The van der Waals surface area contributed by atoms with E-state index in [2.05, 4.69) is 41.3 Å². The zero-order valence-corrected chi connectivity index (χ0v) is 22.9. The van der Waals surface area contributed by atoms with Crippen molar-refractivity contribution in [3.05, 3.63) is 81.6 Å². The molecule has 3 aromatic rings. The molecule has 2 amide bonds. The molecule has 2 N–H and O–H groups in total. The van der Waals surface area contributed by atoms with Crippen LogP contribution in [-0.4, -0.2) is 32.3 Å². The molecule has 11 heteroatoms. The Hall–Kier alpha value is -2.52. The van der Waals surface area contributed by atoms with Crippen LogP contribution < -0.4 is 10.6 Å². The van der Waals surface area contributed by atoms with Gasteiger partial charge in [-0.15, -0.1) is 16.8 Å². The Morgan fingerprint density at radius 3 is 2.39 bits per heavy atom. The SMILES string of the molecule is C=CCn1c(SCC(=O)Nc2c(Cl)cc(Cl)cc2Cl)nnc1C(CC(C)C)NC(=O)c1ccccc1. The number of allylic oxidation sites excluding steroid dienone is 1. The van der Waals surface area contributed by atoms with E-state index < -0.39 is 0 Å². The molecular formula is C25H26Cl3N5O2S. The highest BCUT2D eigenvalue weighted by Crippen LogP contribution is 2.34. The zero-order valence-electron chi connectivity index (χ0n) is 19.8. The highest BCUT2D eigenvalue weighted by atomic mass is 35.5. The predicted molar refractivity (Wildman–Crippen MR) is 147 cm³/mol. The van der Waals surface area contributed by atoms with Gasteiger partial charge in [-0.25, -0.2) is 0 Å². The largest absolute Gasteiger partial charge is 0.342 e. The Morgan fingerprint density at radius 2 is 1.78 bits per heavy atom. The molecule has 7 nitrogen and oxygen atoms in total. The molecular weight excluding hydrogens is 541 g/mol. The highest BCUT2D eigenvalue weighted by Gasteiger charge is 2.25. The fourth-order valence-electron chi connectivity index (χ4n) is 3.46. The van der Waals surface area contributed by atoms with Gasteiger partial charge >= 0.3 is 0 Å². The van der Waals surface area contributed by atoms with Crippen LogP contribution in [0, 0.1) is 5.92 Å². The molecule has 0 aliphatic heterocycles. The summed E-state index contributed by atoms with van der Waals surface area (Å²) in [5.41, 5.74) is 0.856. The van der Waals surface area contributed by atoms with Crippen LogP contribution in [0.4, 0.5) is 5.69 Å². The van der Waals surface area contributed by atoms with E-state index in [1.165, 1.54) is 23.9 Å². The van der Waals surface area contributed by atoms with Crippen molar-refractivity contribution in [1.82, 2.24) is 20.1 Å². The first-order valence-electron chi connectivity index (χ1n) is 11.2. The number of anilines is 1. The molecule has 0 aliphatic rings. The lowest BCUT2D eigenvalue weighted by molar-refractivity contribution is -0.113. The predicted octanol–water partition coefficient (Wildman–Crippen LogP) is 6.67. The lowest BCUT2D eigenvalue weighted by atomic mass is 10.0. The molecule has 36 heavy (non-hydrogen) atoms. The van der Waals surface area contributed by atoms with E-state index in [4.69, 9.17) is 34.8 Å². The van der Waals surface area contributed by atoms with Crippen LogP contribution in [0.3, 0.4) is 0 Å². The van der Waals surface area contributed by atoms with Crippen LogP contribution >= 0.6 is 46.6 Å². The van der Waals surface area contributed by atoms with E-state index in [9.17, 15) is 9.59 Å². The van der Waals surface area contributed by atoms with Crippen molar-refractivity contribution in [2.45, 2.75) is 38.0 Å². The number of aromatic nitrogens is 3. The van der Waals surface area contributed by atoms with Crippen LogP contribution in [0.15, 0.2) is 60.3 Å². The van der Waals surface area contributed by atoms with Gasteiger partial charge in [0.1, 0.15) is 0 Å². The first kappa shape index (κ1) is 28.1. The van der Waals surface area contributed by atoms with Crippen molar-refractivity contribution in [1.29, 1.82) is 0 Å². The van der Waals surface area contributed by atoms with Gasteiger partial charge in [0.25, 0.3) is 5.91 Å². The number of nitrogens with one attached hydrogen (secondary N) is 2. The van der Waals surface area contributed by atoms with Crippen molar-refractivity contribution >= 4 is 64.1 Å². The molecule has 0 fully saturated rings. The van der Waals surface area contributed by atoms with Gasteiger partial charge in [-0.3, -0.25) is 9.59 Å². The molecule has 0 saturated heterocycles. The summed E-state index contributed by atoms with van der Waals surface area (Å²) >= 11 is 19.5. The van der Waals surface area contributed by atoms with Gasteiger partial charge in [-0.2, -0.15) is 0 Å². The Bertz CT molecular complexity index is 1210. The standard InChI is InChI=1S/C25H26Cl3N5O2S/c1-4-10-33-23(20(11-15(2)3)29-24(35)16-8-6-5-7-9-16)31-32-25(33)36-14-21(34)30-22-18(27)12-17(26)13-19(22)28/h4-9,12-13,15,20H,1,10-11,14H2,2-3H3,(H,29,35)(H,30,34). The summed E-state index contributed by atoms with van der Waals surface area (Å²) < 4.78 is 1.85. The summed E-state index contributed by atoms with van der Waals surface area (Å²) in [6.45, 7) is 8.39. The zero-order chi connectivity index (χ0) is 26.2. The molecule has 1 atom stereocenters. The van der Waals surface area contributed by atoms with Crippen molar-refractivity contribution < 1.29 is 9.59 Å². The monoisotopic (exact) mass is 565 g/mol. The summed E-state index contributed by atoms with van der Waals surface area (Å²) in [4.78, 5) is 25.5. The lowest BCUT2D eigenvalue weighted by Gasteiger charge is -2.21. The molecule has 1 aromatic heterocycles. The first-order valence-corrected chi connectivity index (χ1v) is 13.3. The van der Waals surface area contributed by atoms with Crippen LogP contribution in [0.5, 0.6) is 0 Å². The topological polar surface area (TPSA) is 88.9 Å². The van der Waals surface area contributed by atoms with Gasteiger partial charge in [0, 0.05) is 17.1 Å². The van der Waals surface area contributed by atoms with Gasteiger partial charge in [0.15, 0.2) is 11.0 Å². The van der Waals surface area contributed by atoms with E-state index in [-0.39, 0.29) is 39.6 Å². The lowest BCUT2D eigenvalue weighted by Crippen LogP contribution is -2.31. The van der Waals surface area contributed by atoms with Gasteiger partial charge in [0.2, 0.25) is 5.91 Å². The average Bonchev–Trinajstić information content (AvgIpc) is 3.22. The fourth-order valence-corrected chi connectivity index (χ4v) is 5.13. The van der Waals surface area contributed by atoms with Gasteiger partial charge in [0.05, 0.1) is 27.5 Å². The smallest absolute Gasteiger partial charge is 0.251 e. The summed E-state index contributed by atoms with van der Waals surface area (Å²) in [7, 11) is 0. The van der Waals surface area contributed by atoms with E-state index in [0.29, 0.717) is 40.2 Å². The molecule has 1 heterocycles. The highest BCUT2D eigenvalue weighted by molar-refractivity contribution is 7.99. The molecule has 0 spiro atoms. The molecule has 2 aromatic carbocycles. The maximum absolute atomic E-state index is 12.9. The summed E-state index contributed by atoms with van der Waals surface area (Å²) in [5.74, 6) is 0.405. The van der Waals surface area contributed by atoms with E-state index in [0.717, 1.165) is 0 Å². The molecule has 0 radical (unpaired) electrons. The van der Waals surface area contributed by atoms with Gasteiger partial charge < -0.3 is 15.2 Å². The van der Waals surface area contributed by atoms with Gasteiger partial charge in [-0.1, -0.05) is 84.7 Å². The number of rotatable bonds is 11. The molecule has 1 unspecified atom stereocenters. The number of halogens is 3. The summed E-state index contributed by atoms with van der Waals surface area (Å²) in [6.07, 6.45) is 2.38. The summed E-state index contributed by atoms with van der Waals surface area (Å²) in [5, 5.41) is 15.8. The number of carbonyl (C=O) groups excluding carboxylic acids is 2. The van der Waals surface area contributed by atoms with Crippen molar-refractivity contribution in [2.24, 2.45) is 5.92 Å². The Kier molecular flexibility index (Phi) is 10.2. The van der Waals surface area contributed by atoms with Crippen LogP contribution in [-0.2, 0) is 11.3 Å². The maximum atomic E-state index is 12.9. The molecule has 190 valence electrons. The molecule has 0 saturated carbocycles. The Labute approximate surface area is 229 Å². The quantitative estimate of drug-likeness (QED) is 0.200. The van der Waals surface area contributed by atoms with E-state index >= 15 is 0 Å². The van der Waals surface area contributed by atoms with Crippen molar-refractivity contribution in [3.63, 3.8) is 0 Å². The van der Waals surface area contributed by atoms with E-state index in [1.807, 2.05) is 22.8 Å². The minimum absolute atomic E-state index is 0.0375. The molecule has 0 bridgehead atoms. The third-order valence-corrected chi connectivity index (χ3v) is 6.80. The maximum Gasteiger partial charge on any atom is 0.251 e. The summed E-state index contributed by atoms with van der Waals surface area (Å²) in [6, 6.07) is 11.6. The third-order valence-electron chi connectivity index (χ3n) is 5.02. The Morgan fingerprint density at radius 1 is 1.11 bits per heavy atom. The minimum atomic E-state index is -0.375. The van der Waals surface area contributed by atoms with Gasteiger partial charge in [-0.05, 0) is 36.6 Å². The minimum Gasteiger partial charge on any atom is -0.342 e. The van der Waals surface area contributed by atoms with Crippen molar-refractivity contribution in [3.8, 4) is 0 Å². The van der Waals surface area contributed by atoms with Crippen LogP contribution in [0.25, 0.3) is 0 Å². The molecule has 3 rings (SSSR count). The number of hydrogen-bond donors (Lipinski definition) is 2. The normalized spacial score (nSPS) is 11.8. The van der Waals surface area contributed by atoms with Crippen LogP contribution in [0.2, 0.25) is 15.1 Å². The second kappa shape index (κ2) is 13.1. The number of hydrogen-bond acceptors (Lipinski definition) is 5. The van der Waals surface area contributed by atoms with Crippen LogP contribution in [0.1, 0.15) is 42.5 Å². The second-order valence-electron chi connectivity index (χ2n) is 8.34. The first-order chi connectivity index (χ1) is 17.2. The number of carbonyl (C=O) groups is 2.